The van der Waals surface area contributed by atoms with Gasteiger partial charge in [0.05, 0.1) is 5.60 Å². The number of halogens is 3. The highest BCUT2D eigenvalue weighted by Crippen LogP contribution is 2.44. The lowest BCUT2D eigenvalue weighted by Gasteiger charge is -2.27. The highest BCUT2D eigenvalue weighted by Gasteiger charge is 2.35. The van der Waals surface area contributed by atoms with Crippen LogP contribution in [0.2, 0.25) is 0 Å². The van der Waals surface area contributed by atoms with Gasteiger partial charge in [0.2, 0.25) is 0 Å². The zero-order chi connectivity index (χ0) is 7.00. The molecular formula is C4H7I3O. The van der Waals surface area contributed by atoms with Gasteiger partial charge in [0.1, 0.15) is 0 Å². The standard InChI is InChI=1S/C4H7I3O/c1-3(2,8)4(5,6)7/h8H,1-2H3. The average Bonchev–Trinajstić information content (AvgIpc) is 1.25. The van der Waals surface area contributed by atoms with Gasteiger partial charge in [0, 0.05) is 0 Å². The van der Waals surface area contributed by atoms with Gasteiger partial charge in [-0.05, 0) is 13.8 Å². The monoisotopic (exact) mass is 452 g/mol. The van der Waals surface area contributed by atoms with E-state index in [1.807, 2.05) is 0 Å². The third-order valence-corrected chi connectivity index (χ3v) is 4.65. The molecule has 0 aromatic carbocycles. The molecule has 0 aliphatic heterocycles. The predicted octanol–water partition coefficient (Wildman–Crippen LogP) is 2.72. The first-order valence-electron chi connectivity index (χ1n) is 2.04. The van der Waals surface area contributed by atoms with E-state index in [1.54, 1.807) is 13.8 Å². The molecule has 0 spiro atoms. The molecule has 0 fully saturated rings. The van der Waals surface area contributed by atoms with Crippen LogP contribution in [0.25, 0.3) is 0 Å². The lowest BCUT2D eigenvalue weighted by molar-refractivity contribution is 0.102. The first-order valence-corrected chi connectivity index (χ1v) is 5.28. The van der Waals surface area contributed by atoms with Gasteiger partial charge in [0.15, 0.2) is -0.565 Å². The van der Waals surface area contributed by atoms with Crippen molar-refractivity contribution in [2.75, 3.05) is 0 Å². The molecule has 8 heavy (non-hydrogen) atoms. The molecule has 0 atom stereocenters. The van der Waals surface area contributed by atoms with Crippen LogP contribution in [0.5, 0.6) is 0 Å². The van der Waals surface area contributed by atoms with Crippen molar-refractivity contribution < 1.29 is 5.11 Å². The number of hydrogen-bond acceptors (Lipinski definition) is 1. The van der Waals surface area contributed by atoms with Crippen molar-refractivity contribution in [3.63, 3.8) is 0 Å². The zero-order valence-corrected chi connectivity index (χ0v) is 11.1. The van der Waals surface area contributed by atoms with Gasteiger partial charge in [-0.1, -0.05) is 67.8 Å². The molecule has 0 amide bonds. The Morgan fingerprint density at radius 3 is 1.25 bits per heavy atom. The van der Waals surface area contributed by atoms with Crippen LogP contribution in [0, 0.1) is 0 Å². The van der Waals surface area contributed by atoms with Crippen molar-refractivity contribution in [2.24, 2.45) is 0 Å². The SMILES string of the molecule is CC(C)(O)C(I)(I)I. The van der Waals surface area contributed by atoms with Crippen LogP contribution in [0.4, 0.5) is 0 Å². The summed E-state index contributed by atoms with van der Waals surface area (Å²) >= 11 is 6.62. The second kappa shape index (κ2) is 3.04. The van der Waals surface area contributed by atoms with E-state index in [2.05, 4.69) is 67.8 Å². The van der Waals surface area contributed by atoms with E-state index < -0.39 is 5.60 Å². The molecule has 4 heteroatoms. The van der Waals surface area contributed by atoms with Gasteiger partial charge < -0.3 is 5.11 Å². The van der Waals surface area contributed by atoms with E-state index in [9.17, 15) is 5.11 Å². The molecule has 0 bridgehead atoms. The molecule has 0 rings (SSSR count). The van der Waals surface area contributed by atoms with Gasteiger partial charge in [-0.15, -0.1) is 0 Å². The van der Waals surface area contributed by atoms with Crippen molar-refractivity contribution in [1.82, 2.24) is 0 Å². The van der Waals surface area contributed by atoms with Crippen LogP contribution >= 0.6 is 67.8 Å². The normalized spacial score (nSPS) is 14.2. The van der Waals surface area contributed by atoms with E-state index in [0.717, 1.165) is 0 Å². The van der Waals surface area contributed by atoms with E-state index in [4.69, 9.17) is 0 Å². The fraction of sp³-hybridized carbons (Fsp3) is 1.00. The molecule has 0 aliphatic carbocycles. The number of hydrogen-bond donors (Lipinski definition) is 1. The fourth-order valence-electron chi connectivity index (χ4n) is 0. The van der Waals surface area contributed by atoms with Crippen molar-refractivity contribution in [3.05, 3.63) is 0 Å². The van der Waals surface area contributed by atoms with Crippen LogP contribution < -0.4 is 0 Å². The smallest absolute Gasteiger partial charge is 0.152 e. The molecule has 0 radical (unpaired) electrons. The van der Waals surface area contributed by atoms with Crippen molar-refractivity contribution in [1.29, 1.82) is 0 Å². The Bertz CT molecular complexity index is 66.3. The summed E-state index contributed by atoms with van der Waals surface area (Å²) in [6.07, 6.45) is 0. The topological polar surface area (TPSA) is 20.2 Å². The van der Waals surface area contributed by atoms with Crippen LogP contribution in [0.15, 0.2) is 0 Å². The predicted molar refractivity (Wildman–Crippen MR) is 61.1 cm³/mol. The Morgan fingerprint density at radius 1 is 1.12 bits per heavy atom. The van der Waals surface area contributed by atoms with Crippen LogP contribution in [0.1, 0.15) is 13.8 Å². The lowest BCUT2D eigenvalue weighted by Crippen LogP contribution is -2.33. The summed E-state index contributed by atoms with van der Waals surface area (Å²) in [6, 6.07) is 0. The Labute approximate surface area is 90.4 Å². The van der Waals surface area contributed by atoms with Crippen LogP contribution in [-0.4, -0.2) is 10.1 Å². The van der Waals surface area contributed by atoms with E-state index in [0.29, 0.717) is 0 Å². The molecule has 1 nitrogen and oxygen atoms in total. The maximum atomic E-state index is 9.33. The van der Waals surface area contributed by atoms with Gasteiger partial charge in [-0.25, -0.2) is 0 Å². The summed E-state index contributed by atoms with van der Waals surface area (Å²) in [5.74, 6) is 0. The lowest BCUT2D eigenvalue weighted by atomic mass is 10.2. The van der Waals surface area contributed by atoms with Crippen LogP contribution in [-0.2, 0) is 0 Å². The highest BCUT2D eigenvalue weighted by molar-refractivity contribution is 14.3. The molecule has 0 aromatic rings. The molecule has 0 heterocycles. The van der Waals surface area contributed by atoms with Crippen LogP contribution in [0.3, 0.4) is 0 Å². The van der Waals surface area contributed by atoms with E-state index in [1.165, 1.54) is 0 Å². The van der Waals surface area contributed by atoms with Gasteiger partial charge in [-0.3, -0.25) is 0 Å². The average molecular weight is 452 g/mol. The summed E-state index contributed by atoms with van der Waals surface area (Å²) in [6.45, 7) is 3.61. The Kier molecular flexibility index (Phi) is 3.85. The minimum atomic E-state index is -0.602. The van der Waals surface area contributed by atoms with Gasteiger partial charge in [-0.2, -0.15) is 0 Å². The molecule has 0 unspecified atom stereocenters. The third kappa shape index (κ3) is 3.35. The minimum Gasteiger partial charge on any atom is -0.387 e. The fourth-order valence-corrected chi connectivity index (χ4v) is 0. The second-order valence-corrected chi connectivity index (χ2v) is 13.1. The molecule has 50 valence electrons. The van der Waals surface area contributed by atoms with Crippen molar-refractivity contribution in [2.45, 2.75) is 18.9 Å². The summed E-state index contributed by atoms with van der Waals surface area (Å²) in [4.78, 5) is 0. The Morgan fingerprint density at radius 2 is 1.25 bits per heavy atom. The summed E-state index contributed by atoms with van der Waals surface area (Å²) in [5.41, 5.74) is -0.602. The van der Waals surface area contributed by atoms with Crippen molar-refractivity contribution in [3.8, 4) is 0 Å². The first-order chi connectivity index (χ1) is 3.25. The largest absolute Gasteiger partial charge is 0.387 e. The highest BCUT2D eigenvalue weighted by atomic mass is 127. The molecule has 0 aromatic heterocycles. The maximum Gasteiger partial charge on any atom is 0.152 e. The summed E-state index contributed by atoms with van der Waals surface area (Å²) in [7, 11) is 0. The number of alkyl halides is 3. The molecule has 0 saturated heterocycles. The zero-order valence-electron chi connectivity index (χ0n) is 4.58. The number of rotatable bonds is 1. The molecule has 1 N–H and O–H groups in total. The van der Waals surface area contributed by atoms with Gasteiger partial charge >= 0.3 is 0 Å². The van der Waals surface area contributed by atoms with Crippen molar-refractivity contribution >= 4 is 67.8 Å². The van der Waals surface area contributed by atoms with E-state index >= 15 is 0 Å². The third-order valence-electron chi connectivity index (χ3n) is 0.694. The molecular weight excluding hydrogens is 445 g/mol. The summed E-state index contributed by atoms with van der Waals surface area (Å²) in [5, 5.41) is 9.33. The molecule has 0 saturated carbocycles. The van der Waals surface area contributed by atoms with E-state index in [-0.39, 0.29) is -0.565 Å². The summed E-state index contributed by atoms with van der Waals surface area (Å²) < 4.78 is -0.0969. The molecule has 0 aliphatic rings. The Balaban J connectivity index is 4.02. The minimum absolute atomic E-state index is 0.0969. The quantitative estimate of drug-likeness (QED) is 0.480. The second-order valence-electron chi connectivity index (χ2n) is 2.06. The van der Waals surface area contributed by atoms with Gasteiger partial charge in [0.25, 0.3) is 0 Å². The first kappa shape index (κ1) is 10.2. The Hall–Kier alpha value is 2.15. The number of aliphatic hydroxyl groups is 1. The maximum absolute atomic E-state index is 9.33.